The largest absolute Gasteiger partial charge is 0.466 e. The summed E-state index contributed by atoms with van der Waals surface area (Å²) >= 11 is 6.57. The van der Waals surface area contributed by atoms with Crippen molar-refractivity contribution in [1.29, 1.82) is 5.26 Å². The van der Waals surface area contributed by atoms with Gasteiger partial charge in [0, 0.05) is 49.3 Å². The number of carbonyl (C=O) groups excluding carboxylic acids is 1. The van der Waals surface area contributed by atoms with Gasteiger partial charge in [-0.15, -0.1) is 0 Å². The van der Waals surface area contributed by atoms with Crippen molar-refractivity contribution in [2.24, 2.45) is 11.3 Å². The van der Waals surface area contributed by atoms with E-state index in [1.165, 1.54) is 0 Å². The minimum absolute atomic E-state index is 0.117. The lowest BCUT2D eigenvalue weighted by Gasteiger charge is -2.31. The minimum atomic E-state index is -0.426. The van der Waals surface area contributed by atoms with Crippen LogP contribution in [-0.4, -0.2) is 54.4 Å². The van der Waals surface area contributed by atoms with Gasteiger partial charge in [0.15, 0.2) is 0 Å². The number of nitrogens with zero attached hydrogens (tertiary/aromatic N) is 3. The Labute approximate surface area is 236 Å². The summed E-state index contributed by atoms with van der Waals surface area (Å²) in [5.74, 6) is 1.15. The fourth-order valence-corrected chi connectivity index (χ4v) is 5.78. The molecular formula is C30H40ClN5O3. The van der Waals surface area contributed by atoms with Crippen LogP contribution in [0.2, 0.25) is 5.02 Å². The maximum Gasteiger partial charge on any atom is 0.307 e. The van der Waals surface area contributed by atoms with Crippen molar-refractivity contribution in [2.45, 2.75) is 77.3 Å². The Balaban J connectivity index is 1.33. The lowest BCUT2D eigenvalue weighted by molar-refractivity contribution is -0.143. The zero-order valence-corrected chi connectivity index (χ0v) is 23.8. The first-order valence-electron chi connectivity index (χ1n) is 14.2. The number of hydrogen-bond acceptors (Lipinski definition) is 8. The number of ether oxygens (including phenoxy) is 2. The number of nitriles is 1. The molecule has 0 unspecified atom stereocenters. The summed E-state index contributed by atoms with van der Waals surface area (Å²) < 4.78 is 10.5. The molecule has 2 aromatic heterocycles. The highest BCUT2D eigenvalue weighted by Gasteiger charge is 2.32. The number of esters is 1. The molecule has 1 saturated carbocycles. The normalized spacial score (nSPS) is 21.5. The number of anilines is 1. The van der Waals surface area contributed by atoms with Crippen molar-refractivity contribution >= 4 is 23.4 Å². The highest BCUT2D eigenvalue weighted by atomic mass is 35.5. The number of halogens is 1. The second kappa shape index (κ2) is 14.1. The number of hydrogen-bond donors (Lipinski definition) is 2. The highest BCUT2D eigenvalue weighted by molar-refractivity contribution is 6.33. The molecule has 1 aliphatic carbocycles. The first-order chi connectivity index (χ1) is 18.9. The van der Waals surface area contributed by atoms with Crippen molar-refractivity contribution in [2.75, 3.05) is 31.7 Å². The van der Waals surface area contributed by atoms with E-state index in [2.05, 4.69) is 27.8 Å². The number of pyridine rings is 2. The van der Waals surface area contributed by atoms with Crippen LogP contribution in [-0.2, 0) is 20.7 Å². The molecule has 3 heterocycles. The van der Waals surface area contributed by atoms with E-state index in [-0.39, 0.29) is 12.0 Å². The molecule has 1 saturated heterocycles. The first-order valence-corrected chi connectivity index (χ1v) is 14.5. The Morgan fingerprint density at radius 1 is 1.28 bits per heavy atom. The van der Waals surface area contributed by atoms with Crippen LogP contribution in [0, 0.1) is 22.7 Å². The second-order valence-electron chi connectivity index (χ2n) is 10.9. The van der Waals surface area contributed by atoms with Crippen LogP contribution >= 0.6 is 11.6 Å². The van der Waals surface area contributed by atoms with E-state index in [0.29, 0.717) is 49.8 Å². The Morgan fingerprint density at radius 3 is 2.77 bits per heavy atom. The smallest absolute Gasteiger partial charge is 0.307 e. The summed E-state index contributed by atoms with van der Waals surface area (Å²) in [6, 6.07) is 10.9. The molecule has 0 radical (unpaired) electrons. The molecule has 0 aromatic carbocycles. The van der Waals surface area contributed by atoms with Gasteiger partial charge in [-0.3, -0.25) is 9.78 Å². The second-order valence-corrected chi connectivity index (χ2v) is 11.3. The number of aromatic nitrogens is 2. The van der Waals surface area contributed by atoms with E-state index in [4.69, 9.17) is 26.1 Å². The third-order valence-corrected chi connectivity index (χ3v) is 8.18. The summed E-state index contributed by atoms with van der Waals surface area (Å²) in [4.78, 5) is 21.2. The van der Waals surface area contributed by atoms with E-state index >= 15 is 0 Å². The molecular weight excluding hydrogens is 514 g/mol. The zero-order valence-electron chi connectivity index (χ0n) is 23.0. The van der Waals surface area contributed by atoms with Crippen LogP contribution in [0.5, 0.6) is 0 Å². The van der Waals surface area contributed by atoms with Crippen molar-refractivity contribution in [3.63, 3.8) is 0 Å². The molecule has 4 rings (SSSR count). The van der Waals surface area contributed by atoms with E-state index < -0.39 is 5.41 Å². The van der Waals surface area contributed by atoms with Gasteiger partial charge in [0.2, 0.25) is 0 Å². The average Bonchev–Trinajstić information content (AvgIpc) is 2.95. The lowest BCUT2D eigenvalue weighted by Crippen LogP contribution is -2.40. The number of rotatable bonds is 11. The number of carbonyl (C=O) groups is 1. The van der Waals surface area contributed by atoms with Crippen LogP contribution in [0.4, 0.5) is 5.82 Å². The standard InChI is InChI=1S/C30H40ClN5O3/c1-3-39-29(37)15-21(2)35-23-9-7-22(8-10-23)16-24-17-25(26(31)18-33-24)27-5-4-6-28(36-27)34-20-30(19-32)11-13-38-14-12-30/h4-6,17-18,21-23,35H,3,7-16,20H2,1-2H3,(H,34,36)/t21-,22?,23?/m0/s1. The lowest BCUT2D eigenvalue weighted by atomic mass is 9.82. The summed E-state index contributed by atoms with van der Waals surface area (Å²) in [5, 5.41) is 17.3. The van der Waals surface area contributed by atoms with Gasteiger partial charge in [-0.25, -0.2) is 4.98 Å². The fraction of sp³-hybridized carbons (Fsp3) is 0.600. The van der Waals surface area contributed by atoms with E-state index in [9.17, 15) is 10.1 Å². The molecule has 2 fully saturated rings. The molecule has 1 aliphatic heterocycles. The molecule has 2 N–H and O–H groups in total. The predicted molar refractivity (Wildman–Crippen MR) is 152 cm³/mol. The van der Waals surface area contributed by atoms with E-state index in [1.54, 1.807) is 6.20 Å². The van der Waals surface area contributed by atoms with Crippen molar-refractivity contribution in [3.8, 4) is 17.3 Å². The van der Waals surface area contributed by atoms with Gasteiger partial charge in [0.05, 0.1) is 35.2 Å². The molecule has 2 aromatic rings. The molecule has 39 heavy (non-hydrogen) atoms. The van der Waals surface area contributed by atoms with Crippen molar-refractivity contribution in [3.05, 3.63) is 41.2 Å². The van der Waals surface area contributed by atoms with Crippen LogP contribution < -0.4 is 10.6 Å². The fourth-order valence-electron chi connectivity index (χ4n) is 5.58. The molecule has 9 heteroatoms. The third kappa shape index (κ3) is 8.38. The Hall–Kier alpha value is -2.73. The maximum atomic E-state index is 11.7. The predicted octanol–water partition coefficient (Wildman–Crippen LogP) is 5.56. The van der Waals surface area contributed by atoms with Gasteiger partial charge >= 0.3 is 5.97 Å². The molecule has 0 bridgehead atoms. The summed E-state index contributed by atoms with van der Waals surface area (Å²) in [6.45, 7) is 6.08. The topological polar surface area (TPSA) is 109 Å². The molecule has 210 valence electrons. The van der Waals surface area contributed by atoms with Gasteiger partial charge in [0.25, 0.3) is 0 Å². The van der Waals surface area contributed by atoms with Gasteiger partial charge in [-0.2, -0.15) is 5.26 Å². The SMILES string of the molecule is CCOC(=O)C[C@H](C)NC1CCC(Cc2cc(-c3cccc(NCC4(C#N)CCOCC4)n3)c(Cl)cn2)CC1. The van der Waals surface area contributed by atoms with Crippen molar-refractivity contribution in [1.82, 2.24) is 15.3 Å². The van der Waals surface area contributed by atoms with Gasteiger partial charge in [0.1, 0.15) is 5.82 Å². The van der Waals surface area contributed by atoms with Crippen LogP contribution in [0.25, 0.3) is 11.3 Å². The van der Waals surface area contributed by atoms with Crippen LogP contribution in [0.15, 0.2) is 30.5 Å². The Bertz CT molecular complexity index is 1140. The monoisotopic (exact) mass is 553 g/mol. The van der Waals surface area contributed by atoms with Gasteiger partial charge < -0.3 is 20.1 Å². The van der Waals surface area contributed by atoms with Crippen LogP contribution in [0.3, 0.4) is 0 Å². The molecule has 1 atom stereocenters. The minimum Gasteiger partial charge on any atom is -0.466 e. The molecule has 2 aliphatic rings. The average molecular weight is 554 g/mol. The summed E-state index contributed by atoms with van der Waals surface area (Å²) in [5.41, 5.74) is 2.25. The first kappa shape index (κ1) is 29.3. The maximum absolute atomic E-state index is 11.7. The zero-order chi connectivity index (χ0) is 27.7. The summed E-state index contributed by atoms with van der Waals surface area (Å²) in [6.07, 6.45) is 8.89. The Kier molecular flexibility index (Phi) is 10.6. The molecule has 8 nitrogen and oxygen atoms in total. The third-order valence-electron chi connectivity index (χ3n) is 7.87. The molecule has 0 amide bonds. The quantitative estimate of drug-likeness (QED) is 0.348. The van der Waals surface area contributed by atoms with Crippen molar-refractivity contribution < 1.29 is 14.3 Å². The molecule has 0 spiro atoms. The Morgan fingerprint density at radius 2 is 2.05 bits per heavy atom. The van der Waals surface area contributed by atoms with E-state index in [1.807, 2.05) is 32.0 Å². The van der Waals surface area contributed by atoms with Gasteiger partial charge in [-0.05, 0) is 82.9 Å². The van der Waals surface area contributed by atoms with Crippen LogP contribution in [0.1, 0.15) is 64.5 Å². The summed E-state index contributed by atoms with van der Waals surface area (Å²) in [7, 11) is 0. The highest BCUT2D eigenvalue weighted by Crippen LogP contribution is 2.33. The van der Waals surface area contributed by atoms with E-state index in [0.717, 1.165) is 67.7 Å². The number of nitrogens with one attached hydrogen (secondary N) is 2. The van der Waals surface area contributed by atoms with Gasteiger partial charge in [-0.1, -0.05) is 17.7 Å².